The molecule has 9 heteroatoms. The van der Waals surface area contributed by atoms with Crippen molar-refractivity contribution in [1.82, 2.24) is 15.8 Å². The Morgan fingerprint density at radius 1 is 1.23 bits per heavy atom. The fourth-order valence-corrected chi connectivity index (χ4v) is 1.98. The minimum absolute atomic E-state index is 0. The van der Waals surface area contributed by atoms with Gasteiger partial charge in [0, 0.05) is 19.2 Å². The second kappa shape index (κ2) is 10.9. The second-order valence-corrected chi connectivity index (χ2v) is 5.65. The molecule has 1 heterocycles. The zero-order valence-corrected chi connectivity index (χ0v) is 17.2. The highest BCUT2D eigenvalue weighted by atomic mass is 127. The number of benzene rings is 1. The Bertz CT molecular complexity index is 723. The van der Waals surface area contributed by atoms with Gasteiger partial charge in [0.1, 0.15) is 12.4 Å². The lowest BCUT2D eigenvalue weighted by molar-refractivity contribution is 0.318. The third kappa shape index (κ3) is 6.77. The van der Waals surface area contributed by atoms with Crippen LogP contribution in [0.25, 0.3) is 0 Å². The van der Waals surface area contributed by atoms with Gasteiger partial charge >= 0.3 is 0 Å². The molecule has 0 aliphatic carbocycles. The molecule has 0 saturated carbocycles. The number of rotatable bonds is 7. The average Bonchev–Trinajstić information content (AvgIpc) is 3.06. The van der Waals surface area contributed by atoms with Gasteiger partial charge in [0.2, 0.25) is 0 Å². The molecule has 26 heavy (non-hydrogen) atoms. The van der Waals surface area contributed by atoms with Crippen LogP contribution in [0.4, 0.5) is 8.78 Å². The van der Waals surface area contributed by atoms with Crippen LogP contribution >= 0.6 is 24.0 Å². The molecule has 0 bridgehead atoms. The molecule has 0 fully saturated rings. The molecule has 0 aliphatic rings. The normalized spacial score (nSPS) is 11.2. The van der Waals surface area contributed by atoms with E-state index >= 15 is 0 Å². The predicted molar refractivity (Wildman–Crippen MR) is 106 cm³/mol. The van der Waals surface area contributed by atoms with Crippen molar-refractivity contribution in [2.75, 3.05) is 20.2 Å². The smallest absolute Gasteiger partial charge is 0.191 e. The summed E-state index contributed by atoms with van der Waals surface area (Å²) in [6, 6.07) is 5.32. The quantitative estimate of drug-likeness (QED) is 0.275. The monoisotopic (exact) mass is 480 g/mol. The van der Waals surface area contributed by atoms with Crippen molar-refractivity contribution in [2.45, 2.75) is 26.3 Å². The summed E-state index contributed by atoms with van der Waals surface area (Å²) in [4.78, 5) is 4.08. The molecule has 2 rings (SSSR count). The molecule has 0 spiro atoms. The molecule has 0 unspecified atom stereocenters. The number of hydrogen-bond acceptors (Lipinski definition) is 4. The van der Waals surface area contributed by atoms with E-state index in [1.807, 2.05) is 19.9 Å². The molecule has 2 aromatic rings. The van der Waals surface area contributed by atoms with Gasteiger partial charge in [0.15, 0.2) is 23.4 Å². The molecule has 0 amide bonds. The van der Waals surface area contributed by atoms with E-state index in [1.54, 1.807) is 7.05 Å². The lowest BCUT2D eigenvalue weighted by Gasteiger charge is -2.11. The van der Waals surface area contributed by atoms with Crippen LogP contribution in [0.15, 0.2) is 33.8 Å². The number of halogens is 3. The summed E-state index contributed by atoms with van der Waals surface area (Å²) in [6.07, 6.45) is 0. The highest BCUT2D eigenvalue weighted by Crippen LogP contribution is 2.15. The van der Waals surface area contributed by atoms with Gasteiger partial charge in [-0.3, -0.25) is 4.99 Å². The summed E-state index contributed by atoms with van der Waals surface area (Å²) in [5.74, 6) is 0.0230. The molecular weight excluding hydrogens is 457 g/mol. The van der Waals surface area contributed by atoms with Gasteiger partial charge in [-0.2, -0.15) is 0 Å². The van der Waals surface area contributed by atoms with Gasteiger partial charge in [0.05, 0.1) is 18.8 Å². The van der Waals surface area contributed by atoms with E-state index in [-0.39, 0.29) is 36.3 Å². The van der Waals surface area contributed by atoms with Crippen LogP contribution in [0.1, 0.15) is 31.2 Å². The van der Waals surface area contributed by atoms with Gasteiger partial charge < -0.3 is 19.9 Å². The van der Waals surface area contributed by atoms with Gasteiger partial charge in [-0.25, -0.2) is 8.78 Å². The minimum atomic E-state index is -0.934. The lowest BCUT2D eigenvalue weighted by Crippen LogP contribution is -2.38. The minimum Gasteiger partial charge on any atom is -0.492 e. The van der Waals surface area contributed by atoms with Crippen molar-refractivity contribution >= 4 is 29.9 Å². The van der Waals surface area contributed by atoms with Gasteiger partial charge in [-0.1, -0.05) is 19.0 Å². The first-order valence-electron chi connectivity index (χ1n) is 7.97. The van der Waals surface area contributed by atoms with Gasteiger partial charge in [0.25, 0.3) is 0 Å². The van der Waals surface area contributed by atoms with E-state index in [0.29, 0.717) is 30.7 Å². The van der Waals surface area contributed by atoms with E-state index in [1.165, 1.54) is 6.07 Å². The molecular formula is C17H23F2IN4O2. The highest BCUT2D eigenvalue weighted by molar-refractivity contribution is 14.0. The number of ether oxygens (including phenoxy) is 1. The average molecular weight is 480 g/mol. The summed E-state index contributed by atoms with van der Waals surface area (Å²) >= 11 is 0. The number of nitrogens with one attached hydrogen (secondary N) is 2. The number of aliphatic imine (C=N–C) groups is 1. The Labute approximate surface area is 168 Å². The Hall–Kier alpha value is -1.91. The van der Waals surface area contributed by atoms with E-state index < -0.39 is 11.6 Å². The highest BCUT2D eigenvalue weighted by Gasteiger charge is 2.08. The third-order valence-corrected chi connectivity index (χ3v) is 3.38. The zero-order valence-electron chi connectivity index (χ0n) is 14.9. The van der Waals surface area contributed by atoms with Crippen molar-refractivity contribution in [3.05, 3.63) is 47.4 Å². The van der Waals surface area contributed by atoms with Crippen LogP contribution in [0, 0.1) is 11.6 Å². The molecule has 0 aliphatic heterocycles. The van der Waals surface area contributed by atoms with Crippen LogP contribution in [-0.4, -0.2) is 31.3 Å². The first-order valence-corrected chi connectivity index (χ1v) is 7.97. The maximum absolute atomic E-state index is 13.1. The molecule has 1 aromatic carbocycles. The number of aromatic nitrogens is 1. The molecule has 6 nitrogen and oxygen atoms in total. The predicted octanol–water partition coefficient (Wildman–Crippen LogP) is 3.44. The van der Waals surface area contributed by atoms with Crippen molar-refractivity contribution in [2.24, 2.45) is 4.99 Å². The van der Waals surface area contributed by atoms with E-state index in [9.17, 15) is 8.78 Å². The molecule has 144 valence electrons. The summed E-state index contributed by atoms with van der Waals surface area (Å²) < 4.78 is 36.5. The van der Waals surface area contributed by atoms with Crippen molar-refractivity contribution in [3.8, 4) is 5.75 Å². The van der Waals surface area contributed by atoms with Crippen LogP contribution < -0.4 is 15.4 Å². The Morgan fingerprint density at radius 2 is 2.00 bits per heavy atom. The zero-order chi connectivity index (χ0) is 18.2. The third-order valence-electron chi connectivity index (χ3n) is 3.38. The largest absolute Gasteiger partial charge is 0.492 e. The molecule has 0 atom stereocenters. The Balaban J connectivity index is 0.00000338. The SMILES string of the molecule is CN=C(NCCOc1ccc(F)c(F)c1)NCc1cc(C(C)C)no1.I. The maximum atomic E-state index is 13.1. The van der Waals surface area contributed by atoms with Crippen molar-refractivity contribution in [3.63, 3.8) is 0 Å². The summed E-state index contributed by atoms with van der Waals surface area (Å²) in [5.41, 5.74) is 0.902. The van der Waals surface area contributed by atoms with E-state index in [0.717, 1.165) is 17.8 Å². The van der Waals surface area contributed by atoms with Crippen molar-refractivity contribution < 1.29 is 18.0 Å². The molecule has 0 radical (unpaired) electrons. The fraction of sp³-hybridized carbons (Fsp3) is 0.412. The number of guanidine groups is 1. The van der Waals surface area contributed by atoms with Crippen LogP contribution in [-0.2, 0) is 6.54 Å². The summed E-state index contributed by atoms with van der Waals surface area (Å²) in [5, 5.41) is 10.1. The number of nitrogens with zero attached hydrogens (tertiary/aromatic N) is 2. The fourth-order valence-electron chi connectivity index (χ4n) is 1.98. The summed E-state index contributed by atoms with van der Waals surface area (Å²) in [7, 11) is 1.64. The lowest BCUT2D eigenvalue weighted by atomic mass is 10.1. The van der Waals surface area contributed by atoms with Gasteiger partial charge in [-0.05, 0) is 18.1 Å². The maximum Gasteiger partial charge on any atom is 0.191 e. The van der Waals surface area contributed by atoms with Crippen LogP contribution in [0.3, 0.4) is 0 Å². The topological polar surface area (TPSA) is 71.7 Å². The standard InChI is InChI=1S/C17H22F2N4O2.HI/c1-11(2)16-9-13(25-23-16)10-22-17(20-3)21-6-7-24-12-4-5-14(18)15(19)8-12;/h4-5,8-9,11H,6-7,10H2,1-3H3,(H2,20,21,22);1H. The van der Waals surface area contributed by atoms with Crippen molar-refractivity contribution in [1.29, 1.82) is 0 Å². The molecule has 2 N–H and O–H groups in total. The second-order valence-electron chi connectivity index (χ2n) is 5.65. The first-order chi connectivity index (χ1) is 12.0. The van der Waals surface area contributed by atoms with E-state index in [4.69, 9.17) is 9.26 Å². The number of hydrogen-bond donors (Lipinski definition) is 2. The van der Waals surface area contributed by atoms with Crippen LogP contribution in [0.2, 0.25) is 0 Å². The Kier molecular flexibility index (Phi) is 9.31. The van der Waals surface area contributed by atoms with Crippen LogP contribution in [0.5, 0.6) is 5.75 Å². The van der Waals surface area contributed by atoms with Gasteiger partial charge in [-0.15, -0.1) is 24.0 Å². The summed E-state index contributed by atoms with van der Waals surface area (Å²) in [6.45, 7) is 5.24. The first kappa shape index (κ1) is 22.1. The van der Waals surface area contributed by atoms with E-state index in [2.05, 4.69) is 20.8 Å². The Morgan fingerprint density at radius 3 is 2.62 bits per heavy atom. The molecule has 1 aromatic heterocycles. The molecule has 0 saturated heterocycles.